The number of ether oxygens (including phenoxy) is 1. The molecule has 0 amide bonds. The fourth-order valence-corrected chi connectivity index (χ4v) is 1.71. The van der Waals surface area contributed by atoms with Crippen LogP contribution in [0.3, 0.4) is 0 Å². The van der Waals surface area contributed by atoms with Crippen molar-refractivity contribution in [1.29, 1.82) is 0 Å². The van der Waals surface area contributed by atoms with E-state index in [2.05, 4.69) is 15.4 Å². The molecule has 6 nitrogen and oxygen atoms in total. The number of aromatic nitrogens is 4. The second-order valence-corrected chi connectivity index (χ2v) is 4.39. The van der Waals surface area contributed by atoms with Gasteiger partial charge in [0.15, 0.2) is 6.61 Å². The molecule has 2 aromatic rings. The molecule has 0 unspecified atom stereocenters. The van der Waals surface area contributed by atoms with Gasteiger partial charge in [-0.1, -0.05) is 11.6 Å². The average Bonchev–Trinajstić information content (AvgIpc) is 2.73. The quantitative estimate of drug-likeness (QED) is 0.907. The summed E-state index contributed by atoms with van der Waals surface area (Å²) in [6, 6.07) is 5.18. The first-order chi connectivity index (χ1) is 8.56. The summed E-state index contributed by atoms with van der Waals surface area (Å²) in [5, 5.41) is 12.2. The van der Waals surface area contributed by atoms with Gasteiger partial charge in [-0.15, -0.1) is 10.2 Å². The lowest BCUT2D eigenvalue weighted by Gasteiger charge is -2.13. The number of rotatable bonds is 4. The zero-order valence-electron chi connectivity index (χ0n) is 10.2. The molecule has 1 aromatic heterocycles. The van der Waals surface area contributed by atoms with Gasteiger partial charge in [-0.3, -0.25) is 0 Å². The number of hydrogen-bond acceptors (Lipinski definition) is 5. The van der Waals surface area contributed by atoms with Gasteiger partial charge in [-0.05, 0) is 30.3 Å². The Balaban J connectivity index is 2.13. The van der Waals surface area contributed by atoms with Crippen LogP contribution >= 0.6 is 11.6 Å². The lowest BCUT2D eigenvalue weighted by Crippen LogP contribution is -2.08. The van der Waals surface area contributed by atoms with Gasteiger partial charge in [0.05, 0.1) is 7.05 Å². The van der Waals surface area contributed by atoms with Crippen LogP contribution in [0.4, 0.5) is 0 Å². The summed E-state index contributed by atoms with van der Waals surface area (Å²) in [4.78, 5) is 1.38. The Bertz CT molecular complexity index is 540. The van der Waals surface area contributed by atoms with Crippen molar-refractivity contribution in [1.82, 2.24) is 20.2 Å². The maximum absolute atomic E-state index is 5.93. The van der Waals surface area contributed by atoms with Crippen molar-refractivity contribution in [2.24, 2.45) is 12.8 Å². The monoisotopic (exact) mass is 267 g/mol. The van der Waals surface area contributed by atoms with Gasteiger partial charge in [0.1, 0.15) is 5.75 Å². The molecule has 0 aliphatic carbocycles. The number of nitrogens with zero attached hydrogens (tertiary/aromatic N) is 4. The standard InChI is InChI=1S/C11H14ClN5O/c1-7(13)9-5-8(12)3-4-10(9)18-6-11-14-16-17(2)15-11/h3-5,7H,6,13H2,1-2H3/t7-/m0/s1. The third-order valence-electron chi connectivity index (χ3n) is 2.37. The van der Waals surface area contributed by atoms with E-state index in [1.54, 1.807) is 25.2 Å². The van der Waals surface area contributed by atoms with E-state index in [9.17, 15) is 0 Å². The topological polar surface area (TPSA) is 78.9 Å². The molecule has 1 atom stereocenters. The third kappa shape index (κ3) is 2.96. The van der Waals surface area contributed by atoms with E-state index < -0.39 is 0 Å². The number of aryl methyl sites for hydroxylation is 1. The molecule has 0 saturated heterocycles. The highest BCUT2D eigenvalue weighted by Gasteiger charge is 2.10. The van der Waals surface area contributed by atoms with Crippen LogP contribution in [0.15, 0.2) is 18.2 Å². The number of halogens is 1. The zero-order valence-corrected chi connectivity index (χ0v) is 10.9. The Morgan fingerprint density at radius 2 is 2.28 bits per heavy atom. The first-order valence-electron chi connectivity index (χ1n) is 5.47. The van der Waals surface area contributed by atoms with E-state index in [1.807, 2.05) is 6.92 Å². The van der Waals surface area contributed by atoms with Crippen molar-refractivity contribution in [3.63, 3.8) is 0 Å². The van der Waals surface area contributed by atoms with Crippen molar-refractivity contribution < 1.29 is 4.74 Å². The Labute approximate surface area is 110 Å². The molecule has 1 aromatic carbocycles. The van der Waals surface area contributed by atoms with Gasteiger partial charge < -0.3 is 10.5 Å². The molecule has 1 heterocycles. The number of nitrogens with two attached hydrogens (primary N) is 1. The molecule has 0 bridgehead atoms. The largest absolute Gasteiger partial charge is 0.485 e. The SMILES string of the molecule is C[C@H](N)c1cc(Cl)ccc1OCc1nnn(C)n1. The van der Waals surface area contributed by atoms with Crippen molar-refractivity contribution in [3.05, 3.63) is 34.6 Å². The maximum Gasteiger partial charge on any atom is 0.212 e. The van der Waals surface area contributed by atoms with Crippen LogP contribution < -0.4 is 10.5 Å². The molecule has 2 N–H and O–H groups in total. The summed E-state index contributed by atoms with van der Waals surface area (Å²) in [6.45, 7) is 2.12. The Morgan fingerprint density at radius 3 is 2.89 bits per heavy atom. The van der Waals surface area contributed by atoms with Crippen molar-refractivity contribution in [2.75, 3.05) is 0 Å². The average molecular weight is 268 g/mol. The molecule has 18 heavy (non-hydrogen) atoms. The van der Waals surface area contributed by atoms with E-state index in [0.29, 0.717) is 16.6 Å². The predicted molar refractivity (Wildman–Crippen MR) is 67.2 cm³/mol. The molecule has 96 valence electrons. The van der Waals surface area contributed by atoms with Crippen molar-refractivity contribution in [3.8, 4) is 5.75 Å². The minimum atomic E-state index is -0.159. The van der Waals surface area contributed by atoms with Gasteiger partial charge in [-0.25, -0.2) is 0 Å². The van der Waals surface area contributed by atoms with Crippen LogP contribution in [0.25, 0.3) is 0 Å². The van der Waals surface area contributed by atoms with Gasteiger partial charge in [-0.2, -0.15) is 4.80 Å². The van der Waals surface area contributed by atoms with Crippen molar-refractivity contribution >= 4 is 11.6 Å². The number of benzene rings is 1. The summed E-state index contributed by atoms with van der Waals surface area (Å²) in [7, 11) is 1.70. The Kier molecular flexibility index (Phi) is 3.78. The van der Waals surface area contributed by atoms with Crippen LogP contribution in [0.1, 0.15) is 24.4 Å². The summed E-state index contributed by atoms with van der Waals surface area (Å²) in [6.07, 6.45) is 0. The van der Waals surface area contributed by atoms with E-state index in [4.69, 9.17) is 22.1 Å². The van der Waals surface area contributed by atoms with E-state index in [1.165, 1.54) is 4.80 Å². The van der Waals surface area contributed by atoms with Gasteiger partial charge in [0, 0.05) is 16.6 Å². The second kappa shape index (κ2) is 5.32. The number of hydrogen-bond donors (Lipinski definition) is 1. The molecule has 0 aliphatic rings. The lowest BCUT2D eigenvalue weighted by molar-refractivity contribution is 0.291. The summed E-state index contributed by atoms with van der Waals surface area (Å²) < 4.78 is 5.64. The molecular weight excluding hydrogens is 254 g/mol. The van der Waals surface area contributed by atoms with E-state index >= 15 is 0 Å². The van der Waals surface area contributed by atoms with Crippen LogP contribution in [0.5, 0.6) is 5.75 Å². The van der Waals surface area contributed by atoms with E-state index in [0.717, 1.165) is 5.56 Å². The molecule has 7 heteroatoms. The Hall–Kier alpha value is -1.66. The summed E-state index contributed by atoms with van der Waals surface area (Å²) in [5.41, 5.74) is 6.72. The highest BCUT2D eigenvalue weighted by Crippen LogP contribution is 2.27. The molecular formula is C11H14ClN5O. The molecule has 0 radical (unpaired) electrons. The van der Waals surface area contributed by atoms with Gasteiger partial charge in [0.25, 0.3) is 0 Å². The molecule has 0 saturated carbocycles. The first-order valence-corrected chi connectivity index (χ1v) is 5.85. The zero-order chi connectivity index (χ0) is 13.1. The van der Waals surface area contributed by atoms with Crippen LogP contribution in [-0.2, 0) is 13.7 Å². The highest BCUT2D eigenvalue weighted by molar-refractivity contribution is 6.30. The summed E-state index contributed by atoms with van der Waals surface area (Å²) >= 11 is 5.93. The maximum atomic E-state index is 5.93. The first kappa shape index (κ1) is 12.8. The van der Waals surface area contributed by atoms with Gasteiger partial charge in [0.2, 0.25) is 5.82 Å². The normalized spacial score (nSPS) is 12.4. The lowest BCUT2D eigenvalue weighted by atomic mass is 10.1. The second-order valence-electron chi connectivity index (χ2n) is 3.95. The molecule has 0 aliphatic heterocycles. The fourth-order valence-electron chi connectivity index (χ4n) is 1.53. The molecule has 0 fully saturated rings. The third-order valence-corrected chi connectivity index (χ3v) is 2.60. The Morgan fingerprint density at radius 1 is 1.50 bits per heavy atom. The van der Waals surface area contributed by atoms with Gasteiger partial charge >= 0.3 is 0 Å². The minimum absolute atomic E-state index is 0.159. The fraction of sp³-hybridized carbons (Fsp3) is 0.364. The molecule has 2 rings (SSSR count). The van der Waals surface area contributed by atoms with Crippen LogP contribution in [0.2, 0.25) is 5.02 Å². The number of tetrazole rings is 1. The summed E-state index contributed by atoms with van der Waals surface area (Å²) in [5.74, 6) is 1.20. The van der Waals surface area contributed by atoms with Crippen molar-refractivity contribution in [2.45, 2.75) is 19.6 Å². The predicted octanol–water partition coefficient (Wildman–Crippen LogP) is 1.46. The van der Waals surface area contributed by atoms with E-state index in [-0.39, 0.29) is 12.6 Å². The van der Waals surface area contributed by atoms with Crippen LogP contribution in [-0.4, -0.2) is 20.2 Å². The smallest absolute Gasteiger partial charge is 0.212 e. The van der Waals surface area contributed by atoms with Crippen LogP contribution in [0, 0.1) is 0 Å². The molecule has 0 spiro atoms. The highest BCUT2D eigenvalue weighted by atomic mass is 35.5. The minimum Gasteiger partial charge on any atom is -0.485 e.